The molecule has 0 saturated carbocycles. The number of aromatic nitrogens is 2. The maximum atomic E-state index is 13.7. The van der Waals surface area contributed by atoms with E-state index in [0.29, 0.717) is 47.2 Å². The van der Waals surface area contributed by atoms with Gasteiger partial charge in [-0.15, -0.1) is 0 Å². The van der Waals surface area contributed by atoms with E-state index in [2.05, 4.69) is 32.6 Å². The number of aryl methyl sites for hydroxylation is 2. The maximum Gasteiger partial charge on any atom is 0.323 e. The number of nitrogens with zero attached hydrogens (tertiary/aromatic N) is 4. The van der Waals surface area contributed by atoms with Gasteiger partial charge < -0.3 is 29.9 Å². The van der Waals surface area contributed by atoms with Gasteiger partial charge in [0, 0.05) is 43.6 Å². The number of benzene rings is 1. The Kier molecular flexibility index (Phi) is 8.82. The fourth-order valence-electron chi connectivity index (χ4n) is 4.63. The molecule has 0 radical (unpaired) electrons. The number of rotatable bonds is 8. The minimum absolute atomic E-state index is 0.00498. The van der Waals surface area contributed by atoms with Gasteiger partial charge in [0.05, 0.1) is 18.2 Å². The van der Waals surface area contributed by atoms with Gasteiger partial charge in [0.25, 0.3) is 5.91 Å². The number of pyridine rings is 1. The third-order valence-electron chi connectivity index (χ3n) is 6.89. The number of likely N-dealkylation sites (N-methyl/N-ethyl adjacent to an activating group) is 1. The predicted molar refractivity (Wildman–Crippen MR) is 147 cm³/mol. The Labute approximate surface area is 228 Å². The molecular formula is C28H36N6O5. The zero-order chi connectivity index (χ0) is 28.1. The summed E-state index contributed by atoms with van der Waals surface area (Å²) in [6, 6.07) is 8.09. The summed E-state index contributed by atoms with van der Waals surface area (Å²) in [5.74, 6) is 0.652. The Balaban J connectivity index is 1.57. The van der Waals surface area contributed by atoms with Crippen LogP contribution in [0.5, 0.6) is 5.75 Å². The molecular weight excluding hydrogens is 500 g/mol. The molecule has 3 amide bonds. The Morgan fingerprint density at radius 3 is 2.64 bits per heavy atom. The van der Waals surface area contributed by atoms with Crippen molar-refractivity contribution in [2.24, 2.45) is 5.92 Å². The first kappa shape index (κ1) is 28.1. The topological polar surface area (TPSA) is 133 Å². The van der Waals surface area contributed by atoms with Gasteiger partial charge in [0.2, 0.25) is 0 Å². The van der Waals surface area contributed by atoms with Crippen molar-refractivity contribution in [3.8, 4) is 5.75 Å². The molecule has 1 aromatic carbocycles. The lowest BCUT2D eigenvalue weighted by molar-refractivity contribution is 0.0341. The number of carbonyl (C=O) groups excluding carboxylic acids is 2. The number of urea groups is 1. The molecule has 0 aliphatic carbocycles. The van der Waals surface area contributed by atoms with E-state index in [0.717, 1.165) is 12.1 Å². The fourth-order valence-corrected chi connectivity index (χ4v) is 4.63. The smallest absolute Gasteiger partial charge is 0.323 e. The highest BCUT2D eigenvalue weighted by Gasteiger charge is 2.33. The molecule has 11 nitrogen and oxygen atoms in total. The molecule has 4 rings (SSSR count). The number of ether oxygens (including phenoxy) is 1. The lowest BCUT2D eigenvalue weighted by Crippen LogP contribution is -2.49. The van der Waals surface area contributed by atoms with Gasteiger partial charge in [-0.2, -0.15) is 0 Å². The van der Waals surface area contributed by atoms with Gasteiger partial charge in [-0.25, -0.2) is 4.79 Å². The van der Waals surface area contributed by atoms with Gasteiger partial charge in [-0.1, -0.05) is 12.1 Å². The van der Waals surface area contributed by atoms with E-state index >= 15 is 0 Å². The molecule has 39 heavy (non-hydrogen) atoms. The van der Waals surface area contributed by atoms with Crippen LogP contribution in [0.25, 0.3) is 0 Å². The third kappa shape index (κ3) is 6.73. The molecule has 1 aliphatic rings. The summed E-state index contributed by atoms with van der Waals surface area (Å²) in [4.78, 5) is 34.3. The Hall–Kier alpha value is -3.96. The van der Waals surface area contributed by atoms with Crippen molar-refractivity contribution in [3.63, 3.8) is 0 Å². The molecule has 0 fully saturated rings. The molecule has 11 heteroatoms. The van der Waals surface area contributed by atoms with Crippen LogP contribution in [-0.2, 0) is 6.54 Å². The van der Waals surface area contributed by atoms with E-state index in [1.54, 1.807) is 49.3 Å². The highest BCUT2D eigenvalue weighted by Crippen LogP contribution is 2.31. The van der Waals surface area contributed by atoms with Crippen LogP contribution in [0.2, 0.25) is 0 Å². The predicted octanol–water partition coefficient (Wildman–Crippen LogP) is 3.68. The minimum atomic E-state index is -0.492. The summed E-state index contributed by atoms with van der Waals surface area (Å²) in [6.45, 7) is 8.90. The Morgan fingerprint density at radius 2 is 1.97 bits per heavy atom. The van der Waals surface area contributed by atoms with Gasteiger partial charge in [0.1, 0.15) is 23.2 Å². The van der Waals surface area contributed by atoms with Crippen LogP contribution in [0.1, 0.15) is 41.2 Å². The van der Waals surface area contributed by atoms with Crippen LogP contribution in [0.4, 0.5) is 16.2 Å². The fraction of sp³-hybridized carbons (Fsp3) is 0.429. The molecule has 0 unspecified atom stereocenters. The Morgan fingerprint density at radius 1 is 1.23 bits per heavy atom. The molecule has 3 heterocycles. The number of fused-ring (bicyclic) bond motifs is 1. The van der Waals surface area contributed by atoms with Crippen LogP contribution in [0, 0.1) is 19.8 Å². The van der Waals surface area contributed by atoms with Crippen molar-refractivity contribution in [3.05, 3.63) is 65.3 Å². The molecule has 0 bridgehead atoms. The largest absolute Gasteiger partial charge is 0.488 e. The van der Waals surface area contributed by atoms with Crippen LogP contribution < -0.4 is 15.4 Å². The van der Waals surface area contributed by atoms with E-state index < -0.39 is 6.03 Å². The standard InChI is InChI=1S/C28H36N6O5/c1-17-13-34(18(2)16-35)27(36)23-12-22(30-28(37)31-26-19(3)32-39-20(26)4)6-7-24(23)38-25(17)15-33(5)14-21-8-10-29-11-9-21/h6-12,17-18,25,35H,13-16H2,1-5H3,(H2,30,31,37)/t17-,18+,25+/m1/s1. The first-order valence-electron chi connectivity index (χ1n) is 13.0. The summed E-state index contributed by atoms with van der Waals surface area (Å²) >= 11 is 0. The highest BCUT2D eigenvalue weighted by atomic mass is 16.5. The van der Waals surface area contributed by atoms with E-state index in [4.69, 9.17) is 9.26 Å². The number of anilines is 2. The number of amides is 3. The van der Waals surface area contributed by atoms with Crippen LogP contribution in [-0.4, -0.2) is 75.9 Å². The second-order valence-electron chi connectivity index (χ2n) is 10.2. The number of carbonyl (C=O) groups is 2. The van der Waals surface area contributed by atoms with E-state index in [9.17, 15) is 14.7 Å². The molecule has 1 aliphatic heterocycles. The van der Waals surface area contributed by atoms with Crippen molar-refractivity contribution < 1.29 is 24.0 Å². The molecule has 0 spiro atoms. The highest BCUT2D eigenvalue weighted by molar-refractivity contribution is 6.03. The third-order valence-corrected chi connectivity index (χ3v) is 6.89. The summed E-state index contributed by atoms with van der Waals surface area (Å²) < 4.78 is 11.6. The van der Waals surface area contributed by atoms with Gasteiger partial charge in [-0.3, -0.25) is 14.7 Å². The first-order valence-corrected chi connectivity index (χ1v) is 13.0. The first-order chi connectivity index (χ1) is 18.7. The number of hydrogen-bond donors (Lipinski definition) is 3. The minimum Gasteiger partial charge on any atom is -0.488 e. The Bertz CT molecular complexity index is 1280. The number of hydrogen-bond acceptors (Lipinski definition) is 8. The molecule has 0 saturated heterocycles. The molecule has 3 N–H and O–H groups in total. The van der Waals surface area contributed by atoms with Crippen molar-refractivity contribution in [2.75, 3.05) is 37.4 Å². The normalized spacial score (nSPS) is 18.1. The second kappa shape index (κ2) is 12.3. The van der Waals surface area contributed by atoms with E-state index in [1.807, 2.05) is 26.1 Å². The SMILES string of the molecule is Cc1noc(C)c1NC(=O)Nc1ccc2c(c1)C(=O)N([C@@H](C)CO)C[C@@H](C)[C@H](CN(C)Cc1ccncc1)O2. The number of aliphatic hydroxyl groups is 1. The monoisotopic (exact) mass is 536 g/mol. The van der Waals surface area contributed by atoms with Crippen molar-refractivity contribution in [1.82, 2.24) is 19.9 Å². The van der Waals surface area contributed by atoms with Gasteiger partial charge in [-0.05, 0) is 63.7 Å². The maximum absolute atomic E-state index is 13.7. The van der Waals surface area contributed by atoms with Crippen molar-refractivity contribution >= 4 is 23.3 Å². The van der Waals surface area contributed by atoms with Crippen LogP contribution >= 0.6 is 0 Å². The average molecular weight is 537 g/mol. The summed E-state index contributed by atoms with van der Waals surface area (Å²) in [5.41, 5.74) is 2.94. The zero-order valence-electron chi connectivity index (χ0n) is 23.0. The summed E-state index contributed by atoms with van der Waals surface area (Å²) in [5, 5.41) is 19.2. The molecule has 3 atom stereocenters. The van der Waals surface area contributed by atoms with E-state index in [1.165, 1.54) is 0 Å². The van der Waals surface area contributed by atoms with Gasteiger partial charge in [0.15, 0.2) is 5.76 Å². The summed E-state index contributed by atoms with van der Waals surface area (Å²) in [6.07, 6.45) is 3.32. The molecule has 208 valence electrons. The number of nitrogens with one attached hydrogen (secondary N) is 2. The molecule has 3 aromatic rings. The van der Waals surface area contributed by atoms with Crippen LogP contribution in [0.15, 0.2) is 47.2 Å². The zero-order valence-corrected chi connectivity index (χ0v) is 23.0. The van der Waals surface area contributed by atoms with Crippen LogP contribution in [0.3, 0.4) is 0 Å². The quantitative estimate of drug-likeness (QED) is 0.397. The lowest BCUT2D eigenvalue weighted by Gasteiger charge is -2.38. The van der Waals surface area contributed by atoms with E-state index in [-0.39, 0.29) is 30.6 Å². The lowest BCUT2D eigenvalue weighted by atomic mass is 9.99. The summed E-state index contributed by atoms with van der Waals surface area (Å²) in [7, 11) is 2.03. The van der Waals surface area contributed by atoms with Crippen molar-refractivity contribution in [2.45, 2.75) is 46.4 Å². The average Bonchev–Trinajstić information content (AvgIpc) is 3.23. The van der Waals surface area contributed by atoms with Crippen molar-refractivity contribution in [1.29, 1.82) is 0 Å². The van der Waals surface area contributed by atoms with Gasteiger partial charge >= 0.3 is 6.03 Å². The molecule has 2 aromatic heterocycles. The number of aliphatic hydroxyl groups excluding tert-OH is 1. The second-order valence-corrected chi connectivity index (χ2v) is 10.2.